The van der Waals surface area contributed by atoms with Crippen LogP contribution in [0.1, 0.15) is 33.9 Å². The second-order valence-electron chi connectivity index (χ2n) is 9.74. The lowest BCUT2D eigenvalue weighted by atomic mass is 9.94. The number of carbonyl (C=O) groups is 2. The minimum absolute atomic E-state index is 0.0824. The summed E-state index contributed by atoms with van der Waals surface area (Å²) in [7, 11) is 6.01. The van der Waals surface area contributed by atoms with Crippen LogP contribution in [0.5, 0.6) is 23.0 Å². The smallest absolute Gasteiger partial charge is 0.301 e. The van der Waals surface area contributed by atoms with Gasteiger partial charge in [0.2, 0.25) is 5.75 Å². The third kappa shape index (κ3) is 4.63. The molecule has 1 N–H and O–H groups in total. The van der Waals surface area contributed by atoms with Crippen LogP contribution in [0.4, 0.5) is 5.13 Å². The van der Waals surface area contributed by atoms with Gasteiger partial charge < -0.3 is 24.1 Å². The van der Waals surface area contributed by atoms with Crippen LogP contribution in [-0.4, -0.2) is 50.2 Å². The molecule has 0 aliphatic carbocycles. The number of ether oxygens (including phenoxy) is 4. The maximum absolute atomic E-state index is 13.8. The topological polar surface area (TPSA) is 107 Å². The molecule has 0 spiro atoms. The molecule has 1 aliphatic heterocycles. The SMILES string of the molecule is COc1ccc(C(O)=C2C(=O)C(=O)N(c3nc4c(C)cc(C)cc4s3)[C@@H]2c2cc(OC)c(OC)c(OC)c2)cc1C. The molecule has 0 saturated carbocycles. The first-order chi connectivity index (χ1) is 19.6. The normalized spacial score (nSPS) is 16.4. The fourth-order valence-corrected chi connectivity index (χ4v) is 6.42. The lowest BCUT2D eigenvalue weighted by molar-refractivity contribution is -0.132. The van der Waals surface area contributed by atoms with E-state index in [1.54, 1.807) is 37.4 Å². The van der Waals surface area contributed by atoms with Crippen molar-refractivity contribution in [1.29, 1.82) is 0 Å². The molecule has 1 amide bonds. The molecule has 2 heterocycles. The Kier molecular flexibility index (Phi) is 7.35. The Morgan fingerprint density at radius 2 is 1.51 bits per heavy atom. The molecule has 41 heavy (non-hydrogen) atoms. The van der Waals surface area contributed by atoms with Crippen molar-refractivity contribution in [3.63, 3.8) is 0 Å². The maximum Gasteiger partial charge on any atom is 0.301 e. The van der Waals surface area contributed by atoms with Crippen LogP contribution in [-0.2, 0) is 9.59 Å². The fraction of sp³-hybridized carbons (Fsp3) is 0.258. The molecule has 3 aromatic carbocycles. The summed E-state index contributed by atoms with van der Waals surface area (Å²) in [5.74, 6) is -0.294. The van der Waals surface area contributed by atoms with Gasteiger partial charge in [-0.05, 0) is 79.4 Å². The number of nitrogens with zero attached hydrogens (tertiary/aromatic N) is 2. The Bertz CT molecular complexity index is 1720. The predicted octanol–water partition coefficient (Wildman–Crippen LogP) is 5.88. The summed E-state index contributed by atoms with van der Waals surface area (Å²) in [4.78, 5) is 33.6. The predicted molar refractivity (Wildman–Crippen MR) is 158 cm³/mol. The van der Waals surface area contributed by atoms with Gasteiger partial charge in [0.1, 0.15) is 11.5 Å². The third-order valence-corrected chi connectivity index (χ3v) is 8.14. The number of thiazole rings is 1. The van der Waals surface area contributed by atoms with Gasteiger partial charge in [-0.25, -0.2) is 4.98 Å². The van der Waals surface area contributed by atoms with Crippen LogP contribution in [0, 0.1) is 20.8 Å². The first-order valence-electron chi connectivity index (χ1n) is 12.8. The van der Waals surface area contributed by atoms with Crippen molar-refractivity contribution in [2.75, 3.05) is 33.3 Å². The quantitative estimate of drug-likeness (QED) is 0.166. The highest BCUT2D eigenvalue weighted by Crippen LogP contribution is 2.48. The van der Waals surface area contributed by atoms with Crippen LogP contribution >= 0.6 is 11.3 Å². The molecule has 212 valence electrons. The Hall–Kier alpha value is -4.57. The number of Topliss-reactive ketones (excluding diaryl/α,β-unsaturated/α-hetero) is 1. The number of fused-ring (bicyclic) bond motifs is 1. The number of aromatic nitrogens is 1. The lowest BCUT2D eigenvalue weighted by Gasteiger charge is -2.24. The van der Waals surface area contributed by atoms with Crippen molar-refractivity contribution in [1.82, 2.24) is 4.98 Å². The van der Waals surface area contributed by atoms with Crippen LogP contribution in [0.3, 0.4) is 0 Å². The van der Waals surface area contributed by atoms with Gasteiger partial charge in [-0.3, -0.25) is 14.5 Å². The fourth-order valence-electron chi connectivity index (χ4n) is 5.25. The molecule has 0 bridgehead atoms. The molecular formula is C31H30N2O7S. The van der Waals surface area contributed by atoms with Gasteiger partial charge in [-0.15, -0.1) is 0 Å². The van der Waals surface area contributed by atoms with Crippen LogP contribution in [0.15, 0.2) is 48.0 Å². The van der Waals surface area contributed by atoms with Gasteiger partial charge in [0.05, 0.1) is 50.3 Å². The molecule has 1 saturated heterocycles. The molecule has 1 fully saturated rings. The first-order valence-corrected chi connectivity index (χ1v) is 13.6. The highest BCUT2D eigenvalue weighted by Gasteiger charge is 2.48. The zero-order valence-corrected chi connectivity index (χ0v) is 24.6. The number of ketones is 1. The highest BCUT2D eigenvalue weighted by atomic mass is 32.1. The molecule has 10 heteroatoms. The van der Waals surface area contributed by atoms with Crippen molar-refractivity contribution in [2.24, 2.45) is 0 Å². The van der Waals surface area contributed by atoms with E-state index >= 15 is 0 Å². The lowest BCUT2D eigenvalue weighted by Crippen LogP contribution is -2.29. The molecule has 1 aliphatic rings. The summed E-state index contributed by atoms with van der Waals surface area (Å²) in [6.07, 6.45) is 0. The van der Waals surface area contributed by atoms with Crippen LogP contribution in [0.2, 0.25) is 0 Å². The second kappa shape index (κ2) is 10.8. The number of aryl methyl sites for hydroxylation is 3. The number of anilines is 1. The van der Waals surface area contributed by atoms with Gasteiger partial charge in [0.25, 0.3) is 5.78 Å². The van der Waals surface area contributed by atoms with E-state index in [-0.39, 0.29) is 11.3 Å². The number of carbonyl (C=O) groups excluding carboxylic acids is 2. The number of aliphatic hydroxyl groups excluding tert-OH is 1. The van der Waals surface area contributed by atoms with E-state index in [1.165, 1.54) is 37.6 Å². The summed E-state index contributed by atoms with van der Waals surface area (Å²) in [6.45, 7) is 5.77. The van der Waals surface area contributed by atoms with Crippen LogP contribution in [0.25, 0.3) is 16.0 Å². The number of benzene rings is 3. The minimum atomic E-state index is -1.03. The number of rotatable bonds is 7. The molecule has 4 aromatic rings. The monoisotopic (exact) mass is 574 g/mol. The zero-order chi connectivity index (χ0) is 29.6. The van der Waals surface area contributed by atoms with Gasteiger partial charge >= 0.3 is 5.91 Å². The molecule has 1 aromatic heterocycles. The molecule has 1 atom stereocenters. The minimum Gasteiger partial charge on any atom is -0.507 e. The van der Waals surface area contributed by atoms with Crippen molar-refractivity contribution >= 4 is 44.1 Å². The zero-order valence-electron chi connectivity index (χ0n) is 23.8. The van der Waals surface area contributed by atoms with Gasteiger partial charge in [-0.2, -0.15) is 0 Å². The summed E-state index contributed by atoms with van der Waals surface area (Å²) < 4.78 is 22.9. The Morgan fingerprint density at radius 3 is 2.10 bits per heavy atom. The van der Waals surface area contributed by atoms with Gasteiger partial charge in [-0.1, -0.05) is 17.4 Å². The number of hydrogen-bond donors (Lipinski definition) is 1. The van der Waals surface area contributed by atoms with Crippen LogP contribution < -0.4 is 23.8 Å². The molecule has 5 rings (SSSR count). The first kappa shape index (κ1) is 28.0. The Morgan fingerprint density at radius 1 is 0.854 bits per heavy atom. The Labute approximate surface area is 241 Å². The molecule has 0 unspecified atom stereocenters. The molecule has 9 nitrogen and oxygen atoms in total. The van der Waals surface area contributed by atoms with E-state index in [2.05, 4.69) is 0 Å². The summed E-state index contributed by atoms with van der Waals surface area (Å²) in [6, 6.07) is 11.4. The van der Waals surface area contributed by atoms with E-state index < -0.39 is 17.7 Å². The van der Waals surface area contributed by atoms with E-state index in [9.17, 15) is 14.7 Å². The average Bonchev–Trinajstić information content (AvgIpc) is 3.49. The second-order valence-corrected chi connectivity index (χ2v) is 10.7. The number of aliphatic hydroxyl groups is 1. The average molecular weight is 575 g/mol. The Balaban J connectivity index is 1.80. The standard InChI is InChI=1S/C31H30N2O7S/c1-15-10-17(3)25-23(11-15)41-31(32-25)33-26(19-13-21(38-5)29(40-7)22(14-19)39-6)24(28(35)30(33)36)27(34)18-8-9-20(37-4)16(2)12-18/h8-14,26,34H,1-7H3/t26-/m1/s1. The molecule has 0 radical (unpaired) electrons. The molecular weight excluding hydrogens is 544 g/mol. The number of hydrogen-bond acceptors (Lipinski definition) is 9. The van der Waals surface area contributed by atoms with E-state index in [0.717, 1.165) is 26.9 Å². The number of methoxy groups -OCH3 is 4. The third-order valence-electron chi connectivity index (χ3n) is 7.14. The number of amides is 1. The van der Waals surface area contributed by atoms with E-state index in [0.29, 0.717) is 39.3 Å². The largest absolute Gasteiger partial charge is 0.507 e. The van der Waals surface area contributed by atoms with Crippen molar-refractivity contribution < 1.29 is 33.6 Å². The van der Waals surface area contributed by atoms with Gasteiger partial charge in [0.15, 0.2) is 16.6 Å². The van der Waals surface area contributed by atoms with Crippen molar-refractivity contribution in [3.8, 4) is 23.0 Å². The van der Waals surface area contributed by atoms with Crippen molar-refractivity contribution in [2.45, 2.75) is 26.8 Å². The van der Waals surface area contributed by atoms with Gasteiger partial charge in [0, 0.05) is 5.56 Å². The highest BCUT2D eigenvalue weighted by molar-refractivity contribution is 7.22. The van der Waals surface area contributed by atoms with E-state index in [1.807, 2.05) is 32.9 Å². The summed E-state index contributed by atoms with van der Waals surface area (Å²) >= 11 is 1.31. The van der Waals surface area contributed by atoms with E-state index in [4.69, 9.17) is 23.9 Å². The maximum atomic E-state index is 13.8. The summed E-state index contributed by atoms with van der Waals surface area (Å²) in [5, 5.41) is 11.9. The summed E-state index contributed by atoms with van der Waals surface area (Å²) in [5.41, 5.74) is 4.27. The van der Waals surface area contributed by atoms with Crippen molar-refractivity contribution in [3.05, 3.63) is 75.9 Å².